The maximum absolute atomic E-state index is 11.0. The van der Waals surface area contributed by atoms with Crippen molar-refractivity contribution < 1.29 is 4.79 Å². The molecule has 0 fully saturated rings. The first-order chi connectivity index (χ1) is 6.70. The monoisotopic (exact) mass is 208 g/mol. The van der Waals surface area contributed by atoms with Gasteiger partial charge in [0.25, 0.3) is 0 Å². The van der Waals surface area contributed by atoms with Gasteiger partial charge in [0, 0.05) is 4.90 Å². The molecule has 0 heterocycles. The number of thioether (sulfide) groups is 1. The van der Waals surface area contributed by atoms with Crippen molar-refractivity contribution >= 4 is 18.0 Å². The molecule has 0 aliphatic rings. The summed E-state index contributed by atoms with van der Waals surface area (Å²) < 4.78 is -0.268. The molecule has 0 saturated heterocycles. The Labute approximate surface area is 89.9 Å². The van der Waals surface area contributed by atoms with E-state index in [2.05, 4.69) is 6.92 Å². The highest BCUT2D eigenvalue weighted by molar-refractivity contribution is 8.01. The Morgan fingerprint density at radius 3 is 2.50 bits per heavy atom. The van der Waals surface area contributed by atoms with Crippen LogP contribution in [-0.4, -0.2) is 11.0 Å². The second kappa shape index (κ2) is 5.20. The first kappa shape index (κ1) is 11.3. The summed E-state index contributed by atoms with van der Waals surface area (Å²) in [5.41, 5.74) is 0. The quantitative estimate of drug-likeness (QED) is 0.544. The number of rotatable bonds is 5. The summed E-state index contributed by atoms with van der Waals surface area (Å²) in [6.07, 6.45) is 3.03. The third kappa shape index (κ3) is 3.18. The van der Waals surface area contributed by atoms with Crippen LogP contribution in [0.15, 0.2) is 35.2 Å². The van der Waals surface area contributed by atoms with Crippen molar-refractivity contribution in [1.29, 1.82) is 0 Å². The third-order valence-corrected chi connectivity index (χ3v) is 3.36. The Balaban J connectivity index is 2.70. The zero-order chi connectivity index (χ0) is 10.4. The molecule has 1 atom stereocenters. The molecule has 76 valence electrons. The molecule has 1 aromatic rings. The van der Waals surface area contributed by atoms with Gasteiger partial charge in [0.2, 0.25) is 0 Å². The molecule has 0 amide bonds. The minimum absolute atomic E-state index is 0.268. The lowest BCUT2D eigenvalue weighted by Gasteiger charge is -2.21. The summed E-state index contributed by atoms with van der Waals surface area (Å²) in [5, 5.41) is 0. The highest BCUT2D eigenvalue weighted by atomic mass is 32.2. The number of hydrogen-bond acceptors (Lipinski definition) is 2. The fourth-order valence-corrected chi connectivity index (χ4v) is 2.57. The van der Waals surface area contributed by atoms with Crippen LogP contribution >= 0.6 is 11.8 Å². The highest BCUT2D eigenvalue weighted by Crippen LogP contribution is 2.34. The fourth-order valence-electron chi connectivity index (χ4n) is 1.39. The van der Waals surface area contributed by atoms with Crippen LogP contribution in [0.5, 0.6) is 0 Å². The van der Waals surface area contributed by atoms with Gasteiger partial charge in [-0.05, 0) is 25.5 Å². The minimum atomic E-state index is -0.268. The van der Waals surface area contributed by atoms with E-state index >= 15 is 0 Å². The van der Waals surface area contributed by atoms with E-state index in [0.717, 1.165) is 24.0 Å². The molecular formula is C12H16OS. The number of carbonyl (C=O) groups is 1. The van der Waals surface area contributed by atoms with Crippen LogP contribution < -0.4 is 0 Å². The van der Waals surface area contributed by atoms with Crippen LogP contribution in [0.25, 0.3) is 0 Å². The lowest BCUT2D eigenvalue weighted by atomic mass is 10.1. The lowest BCUT2D eigenvalue weighted by Crippen LogP contribution is -2.21. The van der Waals surface area contributed by atoms with E-state index in [0.29, 0.717) is 0 Å². The Bertz CT molecular complexity index is 284. The normalized spacial score (nSPS) is 14.7. The van der Waals surface area contributed by atoms with Gasteiger partial charge in [0.05, 0.1) is 4.75 Å². The van der Waals surface area contributed by atoms with Crippen molar-refractivity contribution in [3.8, 4) is 0 Å². The van der Waals surface area contributed by atoms with Crippen molar-refractivity contribution in [3.05, 3.63) is 30.3 Å². The van der Waals surface area contributed by atoms with Crippen molar-refractivity contribution in [1.82, 2.24) is 0 Å². The molecular weight excluding hydrogens is 192 g/mol. The van der Waals surface area contributed by atoms with E-state index in [1.807, 2.05) is 37.3 Å². The highest BCUT2D eigenvalue weighted by Gasteiger charge is 2.23. The maximum atomic E-state index is 11.0. The van der Waals surface area contributed by atoms with E-state index in [4.69, 9.17) is 0 Å². The summed E-state index contributed by atoms with van der Waals surface area (Å²) in [5.74, 6) is 0. The van der Waals surface area contributed by atoms with Crippen LogP contribution in [0.4, 0.5) is 0 Å². The molecule has 1 unspecified atom stereocenters. The Kier molecular flexibility index (Phi) is 4.21. The molecule has 0 radical (unpaired) electrons. The van der Waals surface area contributed by atoms with Crippen LogP contribution in [0.2, 0.25) is 0 Å². The maximum Gasteiger partial charge on any atom is 0.136 e. The van der Waals surface area contributed by atoms with Crippen LogP contribution in [0.3, 0.4) is 0 Å². The summed E-state index contributed by atoms with van der Waals surface area (Å²) in [4.78, 5) is 12.2. The molecule has 14 heavy (non-hydrogen) atoms. The first-order valence-electron chi connectivity index (χ1n) is 4.90. The average molecular weight is 208 g/mol. The molecule has 0 aliphatic carbocycles. The lowest BCUT2D eigenvalue weighted by molar-refractivity contribution is -0.109. The molecule has 0 spiro atoms. The second-order valence-corrected chi connectivity index (χ2v) is 5.20. The minimum Gasteiger partial charge on any atom is -0.302 e. The van der Waals surface area contributed by atoms with Gasteiger partial charge in [-0.15, -0.1) is 11.8 Å². The SMILES string of the molecule is CCCC(C)(C=O)Sc1ccccc1. The van der Waals surface area contributed by atoms with Gasteiger partial charge in [-0.2, -0.15) is 0 Å². The van der Waals surface area contributed by atoms with E-state index in [1.165, 1.54) is 0 Å². The smallest absolute Gasteiger partial charge is 0.136 e. The summed E-state index contributed by atoms with van der Waals surface area (Å²) >= 11 is 1.65. The largest absolute Gasteiger partial charge is 0.302 e. The molecule has 0 saturated carbocycles. The fraction of sp³-hybridized carbons (Fsp3) is 0.417. The summed E-state index contributed by atoms with van der Waals surface area (Å²) in [6, 6.07) is 10.1. The van der Waals surface area contributed by atoms with Gasteiger partial charge < -0.3 is 4.79 Å². The molecule has 1 rings (SSSR count). The van der Waals surface area contributed by atoms with Gasteiger partial charge in [0.1, 0.15) is 6.29 Å². The Morgan fingerprint density at radius 1 is 1.36 bits per heavy atom. The van der Waals surface area contributed by atoms with Crippen LogP contribution in [0.1, 0.15) is 26.7 Å². The van der Waals surface area contributed by atoms with Gasteiger partial charge in [-0.3, -0.25) is 0 Å². The van der Waals surface area contributed by atoms with E-state index in [-0.39, 0.29) is 4.75 Å². The zero-order valence-corrected chi connectivity index (χ0v) is 9.51. The van der Waals surface area contributed by atoms with Crippen LogP contribution in [0, 0.1) is 0 Å². The molecule has 1 aromatic carbocycles. The number of hydrogen-bond donors (Lipinski definition) is 0. The summed E-state index contributed by atoms with van der Waals surface area (Å²) in [7, 11) is 0. The van der Waals surface area contributed by atoms with Crippen molar-refractivity contribution in [2.75, 3.05) is 0 Å². The number of benzene rings is 1. The van der Waals surface area contributed by atoms with Crippen molar-refractivity contribution in [3.63, 3.8) is 0 Å². The van der Waals surface area contributed by atoms with Crippen LogP contribution in [-0.2, 0) is 4.79 Å². The van der Waals surface area contributed by atoms with Crippen molar-refractivity contribution in [2.24, 2.45) is 0 Å². The van der Waals surface area contributed by atoms with Gasteiger partial charge in [-0.25, -0.2) is 0 Å². The molecule has 0 aromatic heterocycles. The topological polar surface area (TPSA) is 17.1 Å². The number of aldehydes is 1. The number of carbonyl (C=O) groups excluding carboxylic acids is 1. The third-order valence-electron chi connectivity index (χ3n) is 2.09. The second-order valence-electron chi connectivity index (χ2n) is 3.60. The van der Waals surface area contributed by atoms with E-state index in [9.17, 15) is 4.79 Å². The Hall–Kier alpha value is -0.760. The van der Waals surface area contributed by atoms with E-state index in [1.54, 1.807) is 11.8 Å². The van der Waals surface area contributed by atoms with Crippen molar-refractivity contribution in [2.45, 2.75) is 36.3 Å². The predicted octanol–water partition coefficient (Wildman–Crippen LogP) is 3.54. The molecule has 0 bridgehead atoms. The Morgan fingerprint density at radius 2 is 2.00 bits per heavy atom. The molecule has 1 nitrogen and oxygen atoms in total. The molecule has 0 aliphatic heterocycles. The average Bonchev–Trinajstić information content (AvgIpc) is 2.20. The first-order valence-corrected chi connectivity index (χ1v) is 5.72. The molecule has 2 heteroatoms. The van der Waals surface area contributed by atoms with Gasteiger partial charge in [0.15, 0.2) is 0 Å². The zero-order valence-electron chi connectivity index (χ0n) is 8.69. The summed E-state index contributed by atoms with van der Waals surface area (Å²) in [6.45, 7) is 4.11. The van der Waals surface area contributed by atoms with E-state index < -0.39 is 0 Å². The molecule has 0 N–H and O–H groups in total. The standard InChI is InChI=1S/C12H16OS/c1-3-9-12(2,10-13)14-11-7-5-4-6-8-11/h4-8,10H,3,9H2,1-2H3. The predicted molar refractivity (Wildman–Crippen MR) is 61.7 cm³/mol. The van der Waals surface area contributed by atoms with Gasteiger partial charge >= 0.3 is 0 Å². The van der Waals surface area contributed by atoms with Gasteiger partial charge in [-0.1, -0.05) is 31.5 Å².